The molecule has 7 heteroatoms. The van der Waals surface area contributed by atoms with Crippen molar-refractivity contribution in [1.82, 2.24) is 9.97 Å². The molecule has 0 bridgehead atoms. The maximum atomic E-state index is 14.4. The van der Waals surface area contributed by atoms with E-state index >= 15 is 0 Å². The highest BCUT2D eigenvalue weighted by Gasteiger charge is 2.37. The van der Waals surface area contributed by atoms with E-state index in [9.17, 15) is 22.4 Å². The van der Waals surface area contributed by atoms with E-state index in [4.69, 9.17) is 0 Å². The highest BCUT2D eigenvalue weighted by molar-refractivity contribution is 5.78. The molecule has 0 saturated heterocycles. The minimum atomic E-state index is -3.69. The second kappa shape index (κ2) is 4.94. The van der Waals surface area contributed by atoms with Crippen molar-refractivity contribution in [1.29, 1.82) is 0 Å². The van der Waals surface area contributed by atoms with Gasteiger partial charge in [0.25, 0.3) is 5.56 Å². The van der Waals surface area contributed by atoms with E-state index in [0.29, 0.717) is 0 Å². The SMILES string of the molecule is O=c1[nH]c(C(F)(F)c2ccc(F)cc2)nc2c(F)cccc12. The van der Waals surface area contributed by atoms with Crippen LogP contribution in [0.5, 0.6) is 0 Å². The van der Waals surface area contributed by atoms with Crippen LogP contribution in [0.15, 0.2) is 47.3 Å². The molecule has 3 rings (SSSR count). The third-order valence-corrected chi connectivity index (χ3v) is 3.19. The van der Waals surface area contributed by atoms with Crippen molar-refractivity contribution in [2.75, 3.05) is 0 Å². The lowest BCUT2D eigenvalue weighted by molar-refractivity contribution is 0.0328. The van der Waals surface area contributed by atoms with E-state index in [-0.39, 0.29) is 5.39 Å². The molecule has 112 valence electrons. The largest absolute Gasteiger partial charge is 0.329 e. The van der Waals surface area contributed by atoms with E-state index in [2.05, 4.69) is 4.98 Å². The summed E-state index contributed by atoms with van der Waals surface area (Å²) in [5, 5.41) is -0.126. The van der Waals surface area contributed by atoms with Crippen molar-refractivity contribution in [2.45, 2.75) is 5.92 Å². The number of benzene rings is 2. The summed E-state index contributed by atoms with van der Waals surface area (Å²) in [4.78, 5) is 17.3. The molecule has 3 aromatic rings. The first-order valence-corrected chi connectivity index (χ1v) is 6.22. The third kappa shape index (κ3) is 2.24. The van der Waals surface area contributed by atoms with Gasteiger partial charge in [-0.25, -0.2) is 13.8 Å². The summed E-state index contributed by atoms with van der Waals surface area (Å²) >= 11 is 0. The van der Waals surface area contributed by atoms with Gasteiger partial charge in [-0.1, -0.05) is 6.07 Å². The number of aromatic nitrogens is 2. The number of nitrogens with zero attached hydrogens (tertiary/aromatic N) is 1. The monoisotopic (exact) mass is 308 g/mol. The fourth-order valence-corrected chi connectivity index (χ4v) is 2.07. The van der Waals surface area contributed by atoms with Crippen molar-refractivity contribution in [3.05, 3.63) is 75.8 Å². The third-order valence-electron chi connectivity index (χ3n) is 3.19. The van der Waals surface area contributed by atoms with Crippen molar-refractivity contribution in [3.63, 3.8) is 0 Å². The van der Waals surface area contributed by atoms with E-state index in [0.717, 1.165) is 30.3 Å². The van der Waals surface area contributed by atoms with Gasteiger partial charge in [-0.15, -0.1) is 0 Å². The smallest absolute Gasteiger partial charge is 0.305 e. The summed E-state index contributed by atoms with van der Waals surface area (Å²) in [6.45, 7) is 0. The zero-order chi connectivity index (χ0) is 15.9. The summed E-state index contributed by atoms with van der Waals surface area (Å²) in [5.74, 6) is -6.24. The molecule has 0 atom stereocenters. The highest BCUT2D eigenvalue weighted by atomic mass is 19.3. The molecule has 0 aliphatic carbocycles. The number of alkyl halides is 2. The molecule has 1 heterocycles. The Balaban J connectivity index is 2.23. The van der Waals surface area contributed by atoms with Crippen molar-refractivity contribution >= 4 is 10.9 Å². The number of para-hydroxylation sites is 1. The lowest BCUT2D eigenvalue weighted by Gasteiger charge is -2.16. The van der Waals surface area contributed by atoms with Gasteiger partial charge < -0.3 is 4.98 Å². The quantitative estimate of drug-likeness (QED) is 0.738. The van der Waals surface area contributed by atoms with Gasteiger partial charge in [-0.05, 0) is 36.4 Å². The minimum absolute atomic E-state index is 0.126. The lowest BCUT2D eigenvalue weighted by atomic mass is 10.1. The molecular formula is C15H8F4N2O. The van der Waals surface area contributed by atoms with Crippen LogP contribution in [0.25, 0.3) is 10.9 Å². The Morgan fingerprint density at radius 3 is 2.36 bits per heavy atom. The van der Waals surface area contributed by atoms with Crippen LogP contribution in [0.3, 0.4) is 0 Å². The zero-order valence-electron chi connectivity index (χ0n) is 10.9. The number of fused-ring (bicyclic) bond motifs is 1. The average molecular weight is 308 g/mol. The topological polar surface area (TPSA) is 45.8 Å². The first kappa shape index (κ1) is 14.2. The van der Waals surface area contributed by atoms with Crippen LogP contribution in [0.4, 0.5) is 17.6 Å². The number of aromatic amines is 1. The maximum absolute atomic E-state index is 14.4. The molecule has 3 nitrogen and oxygen atoms in total. The fourth-order valence-electron chi connectivity index (χ4n) is 2.07. The molecule has 22 heavy (non-hydrogen) atoms. The number of hydrogen-bond acceptors (Lipinski definition) is 2. The Morgan fingerprint density at radius 1 is 1.00 bits per heavy atom. The minimum Gasteiger partial charge on any atom is -0.305 e. The lowest BCUT2D eigenvalue weighted by Crippen LogP contribution is -2.24. The molecule has 0 radical (unpaired) electrons. The second-order valence-electron chi connectivity index (χ2n) is 4.63. The highest BCUT2D eigenvalue weighted by Crippen LogP contribution is 2.33. The molecule has 2 aromatic carbocycles. The van der Waals surface area contributed by atoms with Gasteiger partial charge in [0.05, 0.1) is 5.39 Å². The van der Waals surface area contributed by atoms with Gasteiger partial charge in [0.15, 0.2) is 5.82 Å². The molecule has 0 aliphatic heterocycles. The van der Waals surface area contributed by atoms with E-state index in [1.54, 1.807) is 0 Å². The molecule has 1 aromatic heterocycles. The molecule has 0 amide bonds. The first-order chi connectivity index (χ1) is 10.4. The molecule has 0 saturated carbocycles. The van der Waals surface area contributed by atoms with Crippen LogP contribution in [0.2, 0.25) is 0 Å². The predicted molar refractivity (Wildman–Crippen MR) is 71.7 cm³/mol. The predicted octanol–water partition coefficient (Wildman–Crippen LogP) is 3.34. The Kier molecular flexibility index (Phi) is 3.20. The van der Waals surface area contributed by atoms with Crippen LogP contribution < -0.4 is 5.56 Å². The average Bonchev–Trinajstić information content (AvgIpc) is 2.48. The van der Waals surface area contributed by atoms with E-state index in [1.807, 2.05) is 4.98 Å². The fraction of sp³-hybridized carbons (Fsp3) is 0.0667. The Labute approximate surface area is 121 Å². The van der Waals surface area contributed by atoms with Gasteiger partial charge in [-0.2, -0.15) is 8.78 Å². The molecular weight excluding hydrogens is 300 g/mol. The zero-order valence-corrected chi connectivity index (χ0v) is 10.9. The van der Waals surface area contributed by atoms with Gasteiger partial charge in [0.2, 0.25) is 0 Å². The normalized spacial score (nSPS) is 11.8. The molecule has 0 spiro atoms. The Morgan fingerprint density at radius 2 is 1.68 bits per heavy atom. The molecule has 0 unspecified atom stereocenters. The van der Waals surface area contributed by atoms with Gasteiger partial charge in [0.1, 0.15) is 17.2 Å². The van der Waals surface area contributed by atoms with Gasteiger partial charge >= 0.3 is 5.92 Å². The number of hydrogen-bond donors (Lipinski definition) is 1. The van der Waals surface area contributed by atoms with Gasteiger partial charge in [0, 0.05) is 5.56 Å². The number of halogens is 4. The summed E-state index contributed by atoms with van der Waals surface area (Å²) in [7, 11) is 0. The first-order valence-electron chi connectivity index (χ1n) is 6.22. The van der Waals surface area contributed by atoms with Crippen LogP contribution in [-0.2, 0) is 5.92 Å². The summed E-state index contributed by atoms with van der Waals surface area (Å²) in [5.41, 5.74) is -1.88. The van der Waals surface area contributed by atoms with Gasteiger partial charge in [-0.3, -0.25) is 4.79 Å². The standard InChI is InChI=1S/C15H8F4N2O/c16-9-6-4-8(5-7-9)15(18,19)14-20-12-10(13(22)21-14)2-1-3-11(12)17/h1-7H,(H,20,21,22). The Bertz CT molecular complexity index is 904. The van der Waals surface area contributed by atoms with E-state index < -0.39 is 40.0 Å². The number of nitrogens with one attached hydrogen (secondary N) is 1. The van der Waals surface area contributed by atoms with Crippen LogP contribution in [0.1, 0.15) is 11.4 Å². The Hall–Kier alpha value is -2.70. The van der Waals surface area contributed by atoms with E-state index in [1.165, 1.54) is 12.1 Å². The van der Waals surface area contributed by atoms with Crippen molar-refractivity contribution < 1.29 is 17.6 Å². The summed E-state index contributed by atoms with van der Waals surface area (Å²) in [6.07, 6.45) is 0. The second-order valence-corrected chi connectivity index (χ2v) is 4.63. The maximum Gasteiger partial charge on any atom is 0.329 e. The van der Waals surface area contributed by atoms with Crippen LogP contribution in [-0.4, -0.2) is 9.97 Å². The van der Waals surface area contributed by atoms with Crippen molar-refractivity contribution in [3.8, 4) is 0 Å². The molecule has 0 fully saturated rings. The summed E-state index contributed by atoms with van der Waals surface area (Å²) in [6, 6.07) is 7.07. The van der Waals surface area contributed by atoms with Crippen molar-refractivity contribution in [2.24, 2.45) is 0 Å². The van der Waals surface area contributed by atoms with Crippen LogP contribution in [0, 0.1) is 11.6 Å². The number of rotatable bonds is 2. The molecule has 1 N–H and O–H groups in total. The summed E-state index contributed by atoms with van der Waals surface area (Å²) < 4.78 is 55.3. The molecule has 0 aliphatic rings. The number of H-pyrrole nitrogens is 1. The van der Waals surface area contributed by atoms with Crippen LogP contribution >= 0.6 is 0 Å².